The van der Waals surface area contributed by atoms with Crippen LogP contribution in [0.2, 0.25) is 0 Å². The fourth-order valence-corrected chi connectivity index (χ4v) is 19.1. The van der Waals surface area contributed by atoms with E-state index < -0.39 is 0 Å². The van der Waals surface area contributed by atoms with Gasteiger partial charge in [-0.15, -0.1) is 0 Å². The van der Waals surface area contributed by atoms with E-state index in [-0.39, 0.29) is 10.8 Å². The van der Waals surface area contributed by atoms with E-state index in [4.69, 9.17) is 4.74 Å². The van der Waals surface area contributed by atoms with Crippen LogP contribution in [0, 0.1) is 0 Å². The van der Waals surface area contributed by atoms with E-state index in [1.807, 2.05) is 88.4 Å². The minimum atomic E-state index is -0.0173. The summed E-state index contributed by atoms with van der Waals surface area (Å²) in [6.07, 6.45) is 0. The maximum Gasteiger partial charge on any atom is 0.135 e. The molecule has 1 heterocycles. The van der Waals surface area contributed by atoms with Gasteiger partial charge in [0.15, 0.2) is 0 Å². The third-order valence-electron chi connectivity index (χ3n) is 26.8. The highest BCUT2D eigenvalue weighted by atomic mass is 16.5. The van der Waals surface area contributed by atoms with Gasteiger partial charge in [0.1, 0.15) is 11.5 Å². The molecule has 2 aliphatic carbocycles. The van der Waals surface area contributed by atoms with Crippen LogP contribution in [-0.4, -0.2) is 42.3 Å². The summed E-state index contributed by atoms with van der Waals surface area (Å²) < 4.78 is 6.36. The number of ether oxygens (including phenoxy) is 1. The molecule has 0 radical (unpaired) electrons. The highest BCUT2D eigenvalue weighted by molar-refractivity contribution is 5.97. The van der Waals surface area contributed by atoms with Gasteiger partial charge < -0.3 is 34.1 Å². The third-order valence-corrected chi connectivity index (χ3v) is 26.8. The lowest BCUT2D eigenvalue weighted by atomic mass is 9.82. The zero-order valence-corrected chi connectivity index (χ0v) is 83.6. The minimum absolute atomic E-state index is 0.00440. The Morgan fingerprint density at radius 2 is 0.418 bits per heavy atom. The Morgan fingerprint density at radius 3 is 0.844 bits per heavy atom. The Balaban J connectivity index is 0.000000126. The highest BCUT2D eigenvalue weighted by Crippen LogP contribution is 2.54. The monoisotopic (exact) mass is 1830 g/mol. The van der Waals surface area contributed by atoms with Crippen LogP contribution < -0.4 is 34.1 Å². The summed E-state index contributed by atoms with van der Waals surface area (Å²) in [7, 11) is 12.7. The van der Waals surface area contributed by atoms with Crippen LogP contribution in [0.25, 0.3) is 88.7 Å². The van der Waals surface area contributed by atoms with E-state index in [1.165, 1.54) is 162 Å². The van der Waals surface area contributed by atoms with E-state index >= 15 is 0 Å². The summed E-state index contributed by atoms with van der Waals surface area (Å²) in [5.41, 5.74) is 37.4. The molecule has 7 heteroatoms. The van der Waals surface area contributed by atoms with E-state index in [1.54, 1.807) is 0 Å². The first-order valence-electron chi connectivity index (χ1n) is 49.1. The standard InChI is InChI=1S/C34H27NO.C34H29N.C19H17N.C17H15N.2C13H13N.2C2H6/c1-34(2)30-13-7-4-10-25(30)26-19-17-23(21-31(26)34)35(3)22-16-18-24-27-11-5-8-14-32(27)36-33-15-9-6-12-28(33)29(24)20-22;1-34(2)31-15-9-7-14-29(31)30-22-21-27(23-32(30)34)35(3)33-16-10-8-13-28(33)26-19-17-25(18-20-26)24-11-5-4-6-12-24;1-20(17-12-6-3-7-13-17)19-15-9-8-14-18(19)16-10-4-2-5-11-16;1-18(15-10-3-2-4-11-15)17-13-7-9-14-8-5-6-12-16(14)17;2*1-14(12-8-4-2-5-9-12)13-10-6-3-7-11-13;2*1-2/h4-21H,1-3H3;4-23H,1-3H3;2-15H,1H3;2-13H,1H3;2*2-11H,1H3;2*1-2H3. The number of hydrogen-bond donors (Lipinski definition) is 0. The average Bonchev–Trinajstić information content (AvgIpc) is 1.58. The van der Waals surface area contributed by atoms with Crippen molar-refractivity contribution in [1.29, 1.82) is 0 Å². The van der Waals surface area contributed by atoms with Crippen LogP contribution in [-0.2, 0) is 10.8 Å². The summed E-state index contributed by atoms with van der Waals surface area (Å²) in [4.78, 5) is 13.4. The van der Waals surface area contributed by atoms with Gasteiger partial charge in [0.2, 0.25) is 0 Å². The number of nitrogens with zero attached hydrogens (tertiary/aromatic N) is 6. The maximum atomic E-state index is 6.36. The first-order chi connectivity index (χ1) is 69.0. The van der Waals surface area contributed by atoms with E-state index in [0.717, 1.165) is 28.3 Å². The van der Waals surface area contributed by atoms with Gasteiger partial charge >= 0.3 is 0 Å². The van der Waals surface area contributed by atoms with Crippen molar-refractivity contribution in [2.75, 3.05) is 71.7 Å². The van der Waals surface area contributed by atoms with Gasteiger partial charge in [-0.1, -0.05) is 425 Å². The summed E-state index contributed by atoms with van der Waals surface area (Å²) in [6, 6.07) is 179. The van der Waals surface area contributed by atoms with Gasteiger partial charge in [0, 0.05) is 149 Å². The summed E-state index contributed by atoms with van der Waals surface area (Å²) in [5, 5.41) is 2.56. The van der Waals surface area contributed by atoms with Crippen LogP contribution in [0.4, 0.5) is 68.2 Å². The lowest BCUT2D eigenvalue weighted by Crippen LogP contribution is -2.16. The molecular formula is C134H126N6O. The quantitative estimate of drug-likeness (QED) is 0.101. The predicted octanol–water partition coefficient (Wildman–Crippen LogP) is 37.0. The fourth-order valence-electron chi connectivity index (χ4n) is 19.1. The van der Waals surface area contributed by atoms with Crippen LogP contribution >= 0.6 is 0 Å². The molecule has 23 rings (SSSR count). The minimum Gasteiger partial charge on any atom is -0.456 e. The normalized spacial score (nSPS) is 11.6. The first-order valence-corrected chi connectivity index (χ1v) is 49.1. The molecule has 0 atom stereocenters. The summed E-state index contributed by atoms with van der Waals surface area (Å²) >= 11 is 0. The molecule has 20 aromatic carbocycles. The Kier molecular flexibility index (Phi) is 31.7. The van der Waals surface area contributed by atoms with Crippen molar-refractivity contribution in [1.82, 2.24) is 0 Å². The maximum absolute atomic E-state index is 6.36. The Hall–Kier alpha value is -16.7. The molecule has 698 valence electrons. The molecule has 0 N–H and O–H groups in total. The fraction of sp³-hybridized carbons (Fsp3) is 0.119. The van der Waals surface area contributed by atoms with E-state index in [2.05, 4.69) is 548 Å². The topological polar surface area (TPSA) is 28.7 Å². The predicted molar refractivity (Wildman–Crippen MR) is 608 cm³/mol. The van der Waals surface area contributed by atoms with Crippen molar-refractivity contribution in [2.24, 2.45) is 0 Å². The first kappa shape index (κ1) is 97.3. The molecule has 0 bridgehead atoms. The van der Waals surface area contributed by atoms with Gasteiger partial charge in [-0.3, -0.25) is 0 Å². The second-order valence-corrected chi connectivity index (χ2v) is 35.8. The molecule has 1 aliphatic heterocycles. The molecule has 3 aliphatic rings. The zero-order chi connectivity index (χ0) is 98.2. The lowest BCUT2D eigenvalue weighted by Gasteiger charge is -2.26. The summed E-state index contributed by atoms with van der Waals surface area (Å²) in [5.74, 6) is 1.78. The molecule has 0 amide bonds. The second-order valence-electron chi connectivity index (χ2n) is 35.8. The number of hydrogen-bond acceptors (Lipinski definition) is 7. The largest absolute Gasteiger partial charge is 0.456 e. The Bertz CT molecular complexity index is 7280. The molecule has 141 heavy (non-hydrogen) atoms. The molecule has 0 aromatic heterocycles. The van der Waals surface area contributed by atoms with Crippen molar-refractivity contribution in [3.8, 4) is 89.4 Å². The van der Waals surface area contributed by atoms with Crippen molar-refractivity contribution in [3.63, 3.8) is 0 Å². The van der Waals surface area contributed by atoms with Crippen molar-refractivity contribution in [3.05, 3.63) is 532 Å². The third kappa shape index (κ3) is 22.0. The number of rotatable bonds is 15. The SMILES string of the molecule is CC.CC.CN(c1ccc2c(c1)-c1ccccc1Oc1ccccc1-2)c1ccc2c(c1)C(C)(C)c1ccccc1-2.CN(c1ccc2c(c1)C(C)(C)c1ccccc1-2)c1ccccc1-c1ccc(-c2ccccc2)cc1.CN(c1ccccc1)c1cccc2ccccc12.CN(c1ccccc1)c1ccccc1.CN(c1ccccc1)c1ccccc1.CN(c1ccccc1)c1ccccc1-c1ccccc1. The van der Waals surface area contributed by atoms with Crippen molar-refractivity contribution >= 4 is 79.0 Å². The number of fused-ring (bicyclic) bond motifs is 12. The molecule has 0 saturated carbocycles. The van der Waals surface area contributed by atoms with E-state index in [9.17, 15) is 0 Å². The lowest BCUT2D eigenvalue weighted by molar-refractivity contribution is 0.488. The van der Waals surface area contributed by atoms with Crippen LogP contribution in [0.15, 0.2) is 510 Å². The number of benzene rings is 20. The van der Waals surface area contributed by atoms with Gasteiger partial charge in [0.25, 0.3) is 0 Å². The van der Waals surface area contributed by atoms with Crippen LogP contribution in [0.5, 0.6) is 11.5 Å². The van der Waals surface area contributed by atoms with Gasteiger partial charge in [-0.25, -0.2) is 0 Å². The smallest absolute Gasteiger partial charge is 0.135 e. The van der Waals surface area contributed by atoms with Crippen LogP contribution in [0.3, 0.4) is 0 Å². The Morgan fingerprint density at radius 1 is 0.163 bits per heavy atom. The van der Waals surface area contributed by atoms with Gasteiger partial charge in [-0.05, 0) is 223 Å². The van der Waals surface area contributed by atoms with E-state index in [0.29, 0.717) is 0 Å². The van der Waals surface area contributed by atoms with Gasteiger partial charge in [0.05, 0.1) is 0 Å². The molecule has 20 aromatic rings. The molecule has 0 fully saturated rings. The number of para-hydroxylation sites is 10. The molecular weight excluding hydrogens is 1710 g/mol. The Labute approximate surface area is 837 Å². The second kappa shape index (κ2) is 45.9. The number of anilines is 12. The highest BCUT2D eigenvalue weighted by Gasteiger charge is 2.37. The molecule has 7 nitrogen and oxygen atoms in total. The van der Waals surface area contributed by atoms with Crippen molar-refractivity contribution in [2.45, 2.75) is 66.2 Å². The van der Waals surface area contributed by atoms with Gasteiger partial charge in [-0.2, -0.15) is 0 Å². The summed E-state index contributed by atoms with van der Waals surface area (Å²) in [6.45, 7) is 17.3. The average molecular weight is 1840 g/mol. The molecule has 0 unspecified atom stereocenters. The molecule has 0 saturated heterocycles. The zero-order valence-electron chi connectivity index (χ0n) is 83.6. The molecule has 0 spiro atoms. The van der Waals surface area contributed by atoms with Crippen molar-refractivity contribution < 1.29 is 4.74 Å². The van der Waals surface area contributed by atoms with Crippen LogP contribution in [0.1, 0.15) is 77.6 Å².